The molecule has 124 valence electrons. The van der Waals surface area contributed by atoms with Gasteiger partial charge >= 0.3 is 0 Å². The number of thioether (sulfide) groups is 2. The minimum atomic E-state index is -0.234. The van der Waals surface area contributed by atoms with E-state index in [2.05, 4.69) is 37.4 Å². The lowest BCUT2D eigenvalue weighted by Crippen LogP contribution is -2.42. The standard InChI is InChI=1S/C17H32O2S2/c1-3-5-6-8-16-15(18)10-9-14(19-16)13-17(4-2)20-11-7-12-21-17/h14-16,18H,3-13H2,1-2H3/t14-,15+,16-/m1/s1. The number of hydrogen-bond donors (Lipinski definition) is 1. The molecule has 1 N–H and O–H groups in total. The van der Waals surface area contributed by atoms with Crippen LogP contribution in [0.3, 0.4) is 0 Å². The van der Waals surface area contributed by atoms with E-state index in [1.165, 1.54) is 43.6 Å². The van der Waals surface area contributed by atoms with Crippen molar-refractivity contribution in [2.75, 3.05) is 11.5 Å². The summed E-state index contributed by atoms with van der Waals surface area (Å²) in [4.78, 5) is 0. The normalized spacial score (nSPS) is 33.0. The largest absolute Gasteiger partial charge is 0.390 e. The van der Waals surface area contributed by atoms with Crippen molar-refractivity contribution >= 4 is 23.5 Å². The first kappa shape index (κ1) is 18.0. The summed E-state index contributed by atoms with van der Waals surface area (Å²) in [5, 5.41) is 10.2. The second-order valence-electron chi connectivity index (χ2n) is 6.46. The van der Waals surface area contributed by atoms with E-state index < -0.39 is 0 Å². The van der Waals surface area contributed by atoms with Crippen LogP contribution in [0, 0.1) is 0 Å². The Morgan fingerprint density at radius 3 is 2.57 bits per heavy atom. The molecule has 0 radical (unpaired) electrons. The van der Waals surface area contributed by atoms with Gasteiger partial charge in [-0.15, -0.1) is 23.5 Å². The van der Waals surface area contributed by atoms with Crippen molar-refractivity contribution in [2.24, 2.45) is 0 Å². The molecule has 3 atom stereocenters. The predicted molar refractivity (Wildman–Crippen MR) is 95.2 cm³/mol. The van der Waals surface area contributed by atoms with Gasteiger partial charge in [-0.25, -0.2) is 0 Å². The van der Waals surface area contributed by atoms with Crippen LogP contribution in [-0.4, -0.2) is 39.0 Å². The number of ether oxygens (including phenoxy) is 1. The molecule has 0 aliphatic carbocycles. The van der Waals surface area contributed by atoms with E-state index in [1.807, 2.05) is 0 Å². The summed E-state index contributed by atoms with van der Waals surface area (Å²) >= 11 is 4.30. The van der Waals surface area contributed by atoms with Gasteiger partial charge in [-0.05, 0) is 50.0 Å². The SMILES string of the molecule is CCCCC[C@H]1O[C@@H](CC2(CC)SCCCS2)CC[C@@H]1O. The van der Waals surface area contributed by atoms with Gasteiger partial charge in [0.25, 0.3) is 0 Å². The van der Waals surface area contributed by atoms with Crippen LogP contribution >= 0.6 is 23.5 Å². The van der Waals surface area contributed by atoms with Gasteiger partial charge in [-0.2, -0.15) is 0 Å². The highest BCUT2D eigenvalue weighted by molar-refractivity contribution is 8.18. The average molecular weight is 333 g/mol. The Morgan fingerprint density at radius 1 is 1.14 bits per heavy atom. The fourth-order valence-corrected chi connectivity index (χ4v) is 6.74. The van der Waals surface area contributed by atoms with Crippen molar-refractivity contribution < 1.29 is 9.84 Å². The van der Waals surface area contributed by atoms with E-state index >= 15 is 0 Å². The van der Waals surface area contributed by atoms with Gasteiger partial charge in [-0.3, -0.25) is 0 Å². The van der Waals surface area contributed by atoms with E-state index in [1.54, 1.807) is 0 Å². The third-order valence-corrected chi connectivity index (χ3v) is 8.42. The molecular weight excluding hydrogens is 300 g/mol. The number of aliphatic hydroxyl groups is 1. The zero-order valence-electron chi connectivity index (χ0n) is 13.7. The Balaban J connectivity index is 1.84. The molecule has 0 spiro atoms. The molecule has 2 heterocycles. The summed E-state index contributed by atoms with van der Waals surface area (Å²) in [6.07, 6.45) is 10.6. The predicted octanol–water partition coefficient (Wildman–Crippen LogP) is 4.84. The molecule has 0 unspecified atom stereocenters. The second kappa shape index (κ2) is 9.05. The van der Waals surface area contributed by atoms with E-state index in [0.717, 1.165) is 25.7 Å². The Hall–Kier alpha value is 0.620. The summed E-state index contributed by atoms with van der Waals surface area (Å²) in [7, 11) is 0. The quantitative estimate of drug-likeness (QED) is 0.675. The molecule has 0 aromatic carbocycles. The number of aliphatic hydroxyl groups excluding tert-OH is 1. The highest BCUT2D eigenvalue weighted by Crippen LogP contribution is 2.49. The third kappa shape index (κ3) is 5.33. The van der Waals surface area contributed by atoms with Crippen molar-refractivity contribution in [3.8, 4) is 0 Å². The highest BCUT2D eigenvalue weighted by atomic mass is 32.2. The third-order valence-electron chi connectivity index (χ3n) is 4.77. The topological polar surface area (TPSA) is 29.5 Å². The second-order valence-corrected chi connectivity index (χ2v) is 9.67. The van der Waals surface area contributed by atoms with Gasteiger partial charge in [0.05, 0.1) is 22.4 Å². The van der Waals surface area contributed by atoms with Crippen LogP contribution in [-0.2, 0) is 4.74 Å². The maximum absolute atomic E-state index is 10.2. The summed E-state index contributed by atoms with van der Waals surface area (Å²) in [6.45, 7) is 4.55. The monoisotopic (exact) mass is 332 g/mol. The minimum absolute atomic E-state index is 0.0859. The maximum Gasteiger partial charge on any atom is 0.0837 e. The van der Waals surface area contributed by atoms with Crippen LogP contribution in [0.5, 0.6) is 0 Å². The fourth-order valence-electron chi connectivity index (χ4n) is 3.38. The van der Waals surface area contributed by atoms with Crippen LogP contribution in [0.2, 0.25) is 0 Å². The molecule has 2 saturated heterocycles. The Labute approximate surface area is 139 Å². The van der Waals surface area contributed by atoms with Crippen LogP contribution in [0.15, 0.2) is 0 Å². The molecule has 2 aliphatic heterocycles. The molecule has 2 nitrogen and oxygen atoms in total. The first-order valence-corrected chi connectivity index (χ1v) is 10.8. The van der Waals surface area contributed by atoms with Crippen LogP contribution in [0.4, 0.5) is 0 Å². The van der Waals surface area contributed by atoms with Gasteiger partial charge in [0, 0.05) is 0 Å². The van der Waals surface area contributed by atoms with Crippen molar-refractivity contribution in [3.63, 3.8) is 0 Å². The Kier molecular flexibility index (Phi) is 7.74. The molecule has 21 heavy (non-hydrogen) atoms. The van der Waals surface area contributed by atoms with E-state index in [-0.39, 0.29) is 12.2 Å². The van der Waals surface area contributed by atoms with Gasteiger partial charge in [-0.1, -0.05) is 33.1 Å². The lowest BCUT2D eigenvalue weighted by molar-refractivity contribution is -0.123. The lowest BCUT2D eigenvalue weighted by atomic mass is 9.94. The zero-order chi connectivity index (χ0) is 15.1. The molecule has 0 saturated carbocycles. The summed E-state index contributed by atoms with van der Waals surface area (Å²) in [6, 6.07) is 0. The lowest BCUT2D eigenvalue weighted by Gasteiger charge is -2.41. The highest BCUT2D eigenvalue weighted by Gasteiger charge is 2.38. The van der Waals surface area contributed by atoms with Crippen molar-refractivity contribution in [2.45, 2.75) is 94.0 Å². The van der Waals surface area contributed by atoms with Crippen LogP contribution in [0.25, 0.3) is 0 Å². The maximum atomic E-state index is 10.2. The zero-order valence-corrected chi connectivity index (χ0v) is 15.3. The van der Waals surface area contributed by atoms with Crippen molar-refractivity contribution in [3.05, 3.63) is 0 Å². The van der Waals surface area contributed by atoms with E-state index in [0.29, 0.717) is 10.2 Å². The minimum Gasteiger partial charge on any atom is -0.390 e. The van der Waals surface area contributed by atoms with Gasteiger partial charge in [0.2, 0.25) is 0 Å². The molecule has 4 heteroatoms. The number of rotatable bonds is 7. The van der Waals surface area contributed by atoms with Crippen molar-refractivity contribution in [1.29, 1.82) is 0 Å². The molecule has 2 rings (SSSR count). The molecular formula is C17H32O2S2. The van der Waals surface area contributed by atoms with Crippen LogP contribution < -0.4 is 0 Å². The van der Waals surface area contributed by atoms with Crippen molar-refractivity contribution in [1.82, 2.24) is 0 Å². The number of unbranched alkanes of at least 4 members (excludes halogenated alkanes) is 2. The Morgan fingerprint density at radius 2 is 1.90 bits per heavy atom. The summed E-state index contributed by atoms with van der Waals surface area (Å²) in [5.74, 6) is 2.60. The van der Waals surface area contributed by atoms with Gasteiger partial charge in [0.15, 0.2) is 0 Å². The molecule has 0 aromatic rings. The smallest absolute Gasteiger partial charge is 0.0837 e. The molecule has 0 amide bonds. The first-order chi connectivity index (χ1) is 10.2. The molecule has 2 fully saturated rings. The summed E-state index contributed by atoms with van der Waals surface area (Å²) in [5.41, 5.74) is 0. The summed E-state index contributed by atoms with van der Waals surface area (Å²) < 4.78 is 6.67. The molecule has 2 aliphatic rings. The Bertz CT molecular complexity index is 293. The number of hydrogen-bond acceptors (Lipinski definition) is 4. The van der Waals surface area contributed by atoms with E-state index in [4.69, 9.17) is 4.74 Å². The first-order valence-electron chi connectivity index (χ1n) is 8.80. The molecule has 0 bridgehead atoms. The van der Waals surface area contributed by atoms with Gasteiger partial charge < -0.3 is 9.84 Å². The fraction of sp³-hybridized carbons (Fsp3) is 1.00. The van der Waals surface area contributed by atoms with Crippen LogP contribution in [0.1, 0.15) is 71.6 Å². The van der Waals surface area contributed by atoms with E-state index in [9.17, 15) is 5.11 Å². The molecule has 0 aromatic heterocycles. The average Bonchev–Trinajstić information content (AvgIpc) is 2.51. The van der Waals surface area contributed by atoms with Gasteiger partial charge in [0.1, 0.15) is 0 Å².